The number of imide groups is 1. The van der Waals surface area contributed by atoms with Crippen molar-refractivity contribution in [3.8, 4) is 0 Å². The van der Waals surface area contributed by atoms with Gasteiger partial charge in [0.25, 0.3) is 5.91 Å². The third-order valence-electron chi connectivity index (χ3n) is 6.22. The minimum absolute atomic E-state index is 0.334. The summed E-state index contributed by atoms with van der Waals surface area (Å²) in [7, 11) is 0. The number of hydrogen-bond donors (Lipinski definition) is 2. The van der Waals surface area contributed by atoms with Crippen LogP contribution < -0.4 is 15.5 Å². The fourth-order valence-corrected chi connectivity index (χ4v) is 4.45. The highest BCUT2D eigenvalue weighted by atomic mass is 16.2. The molecule has 0 aromatic heterocycles. The number of benzene rings is 2. The first-order chi connectivity index (χ1) is 14.8. The zero-order valence-electron chi connectivity index (χ0n) is 18.2. The molecule has 2 aromatic carbocycles. The van der Waals surface area contributed by atoms with Gasteiger partial charge in [-0.05, 0) is 68.5 Å². The molecule has 31 heavy (non-hydrogen) atoms. The van der Waals surface area contributed by atoms with Crippen LogP contribution in [0.1, 0.15) is 36.5 Å². The summed E-state index contributed by atoms with van der Waals surface area (Å²) in [5.74, 6) is -0.836. The van der Waals surface area contributed by atoms with Crippen molar-refractivity contribution in [2.24, 2.45) is 0 Å². The second kappa shape index (κ2) is 8.06. The summed E-state index contributed by atoms with van der Waals surface area (Å²) >= 11 is 0. The molecule has 1 unspecified atom stereocenters. The highest BCUT2D eigenvalue weighted by molar-refractivity contribution is 6.10. The smallest absolute Gasteiger partial charge is 0.325 e. The van der Waals surface area contributed by atoms with Crippen LogP contribution in [0.2, 0.25) is 0 Å². The van der Waals surface area contributed by atoms with Crippen LogP contribution in [-0.4, -0.2) is 42.4 Å². The summed E-state index contributed by atoms with van der Waals surface area (Å²) in [6.45, 7) is 7.28. The molecule has 2 N–H and O–H groups in total. The average Bonchev–Trinajstić information content (AvgIpc) is 3.34. The highest BCUT2D eigenvalue weighted by Crippen LogP contribution is 2.31. The Morgan fingerprint density at radius 2 is 1.77 bits per heavy atom. The Kier molecular flexibility index (Phi) is 5.43. The van der Waals surface area contributed by atoms with Gasteiger partial charge in [0.1, 0.15) is 12.1 Å². The fourth-order valence-electron chi connectivity index (χ4n) is 4.45. The van der Waals surface area contributed by atoms with Gasteiger partial charge in [-0.1, -0.05) is 24.3 Å². The number of carbonyl (C=O) groups is 3. The lowest BCUT2D eigenvalue weighted by Crippen LogP contribution is -2.42. The van der Waals surface area contributed by atoms with Crippen molar-refractivity contribution in [3.05, 3.63) is 59.2 Å². The van der Waals surface area contributed by atoms with E-state index in [9.17, 15) is 14.4 Å². The molecule has 4 amide bonds. The summed E-state index contributed by atoms with van der Waals surface area (Å²) in [5, 5.41) is 5.60. The Bertz CT molecular complexity index is 1040. The van der Waals surface area contributed by atoms with Gasteiger partial charge in [0.15, 0.2) is 0 Å². The van der Waals surface area contributed by atoms with Crippen molar-refractivity contribution in [3.63, 3.8) is 0 Å². The summed E-state index contributed by atoms with van der Waals surface area (Å²) in [4.78, 5) is 41.6. The van der Waals surface area contributed by atoms with Gasteiger partial charge in [-0.25, -0.2) is 4.79 Å². The number of aryl methyl sites for hydroxylation is 2. The van der Waals surface area contributed by atoms with E-state index in [0.29, 0.717) is 5.69 Å². The lowest BCUT2D eigenvalue weighted by atomic mass is 9.88. The van der Waals surface area contributed by atoms with Crippen molar-refractivity contribution in [2.45, 2.75) is 39.2 Å². The molecule has 2 aliphatic rings. The normalized spacial score (nSPS) is 20.9. The van der Waals surface area contributed by atoms with Crippen LogP contribution in [0, 0.1) is 13.8 Å². The van der Waals surface area contributed by atoms with Gasteiger partial charge in [-0.3, -0.25) is 14.5 Å². The molecule has 162 valence electrons. The van der Waals surface area contributed by atoms with E-state index in [4.69, 9.17) is 0 Å². The van der Waals surface area contributed by atoms with Gasteiger partial charge < -0.3 is 15.5 Å². The van der Waals surface area contributed by atoms with Gasteiger partial charge in [0.2, 0.25) is 5.91 Å². The Morgan fingerprint density at radius 3 is 2.45 bits per heavy atom. The largest absolute Gasteiger partial charge is 0.372 e. The van der Waals surface area contributed by atoms with Crippen molar-refractivity contribution in [1.82, 2.24) is 10.2 Å². The van der Waals surface area contributed by atoms with E-state index in [0.717, 1.165) is 40.4 Å². The first kappa shape index (κ1) is 20.9. The van der Waals surface area contributed by atoms with Crippen LogP contribution in [0.25, 0.3) is 0 Å². The van der Waals surface area contributed by atoms with Gasteiger partial charge >= 0.3 is 6.03 Å². The number of amides is 4. The first-order valence-corrected chi connectivity index (χ1v) is 10.7. The standard InChI is InChI=1S/C24H28N4O3/c1-16-8-4-5-9-19(16)24(3)22(30)28(23(31)26-24)15-21(29)25-20-11-10-18(14-17(20)2)27-12-6-7-13-27/h4-5,8-11,14H,6-7,12-13,15H2,1-3H3,(H,25,29)(H,26,31). The molecule has 2 heterocycles. The Labute approximate surface area is 182 Å². The number of rotatable bonds is 5. The minimum atomic E-state index is -1.18. The Morgan fingerprint density at radius 1 is 1.06 bits per heavy atom. The maximum Gasteiger partial charge on any atom is 0.325 e. The molecule has 2 aliphatic heterocycles. The van der Waals surface area contributed by atoms with E-state index in [2.05, 4.69) is 21.6 Å². The zero-order chi connectivity index (χ0) is 22.2. The van der Waals surface area contributed by atoms with Crippen molar-refractivity contribution < 1.29 is 14.4 Å². The maximum absolute atomic E-state index is 13.1. The van der Waals surface area contributed by atoms with Gasteiger partial charge in [0.05, 0.1) is 0 Å². The van der Waals surface area contributed by atoms with Gasteiger partial charge in [0, 0.05) is 24.5 Å². The summed E-state index contributed by atoms with van der Waals surface area (Å²) < 4.78 is 0. The van der Waals surface area contributed by atoms with Crippen LogP contribution in [0.5, 0.6) is 0 Å². The van der Waals surface area contributed by atoms with E-state index in [1.165, 1.54) is 12.8 Å². The molecule has 0 spiro atoms. The average molecular weight is 421 g/mol. The second-order valence-corrected chi connectivity index (χ2v) is 8.50. The molecule has 2 saturated heterocycles. The maximum atomic E-state index is 13.1. The minimum Gasteiger partial charge on any atom is -0.372 e. The van der Waals surface area contributed by atoms with Crippen molar-refractivity contribution in [1.29, 1.82) is 0 Å². The summed E-state index contributed by atoms with van der Waals surface area (Å²) in [5.41, 5.74) is 3.22. The number of hydrogen-bond acceptors (Lipinski definition) is 4. The van der Waals surface area contributed by atoms with Crippen LogP contribution in [0.3, 0.4) is 0 Å². The topological polar surface area (TPSA) is 81.8 Å². The highest BCUT2D eigenvalue weighted by Gasteiger charge is 2.50. The predicted molar refractivity (Wildman–Crippen MR) is 120 cm³/mol. The molecular weight excluding hydrogens is 392 g/mol. The predicted octanol–water partition coefficient (Wildman–Crippen LogP) is 3.31. The first-order valence-electron chi connectivity index (χ1n) is 10.7. The molecule has 0 bridgehead atoms. The lowest BCUT2D eigenvalue weighted by molar-refractivity contribution is -0.133. The number of anilines is 2. The van der Waals surface area contributed by atoms with E-state index in [-0.39, 0.29) is 6.54 Å². The quantitative estimate of drug-likeness (QED) is 0.727. The summed E-state index contributed by atoms with van der Waals surface area (Å²) in [6, 6.07) is 12.8. The lowest BCUT2D eigenvalue weighted by Gasteiger charge is -2.24. The molecule has 2 aromatic rings. The van der Waals surface area contributed by atoms with E-state index >= 15 is 0 Å². The molecule has 7 heteroatoms. The number of nitrogens with zero attached hydrogens (tertiary/aromatic N) is 2. The Hall–Kier alpha value is -3.35. The third kappa shape index (κ3) is 3.87. The zero-order valence-corrected chi connectivity index (χ0v) is 18.2. The monoisotopic (exact) mass is 420 g/mol. The molecule has 2 fully saturated rings. The number of carbonyl (C=O) groups excluding carboxylic acids is 3. The SMILES string of the molecule is Cc1cc(N2CCCC2)ccc1NC(=O)CN1C(=O)NC(C)(c2ccccc2C)C1=O. The number of urea groups is 1. The van der Waals surface area contributed by atoms with Crippen molar-refractivity contribution >= 4 is 29.2 Å². The summed E-state index contributed by atoms with van der Waals surface area (Å²) in [6.07, 6.45) is 2.40. The van der Waals surface area contributed by atoms with Crippen molar-refractivity contribution in [2.75, 3.05) is 29.9 Å². The van der Waals surface area contributed by atoms with E-state index < -0.39 is 23.4 Å². The molecule has 0 radical (unpaired) electrons. The van der Waals surface area contributed by atoms with Gasteiger partial charge in [-0.2, -0.15) is 0 Å². The molecule has 0 aliphatic carbocycles. The fraction of sp³-hybridized carbons (Fsp3) is 0.375. The van der Waals surface area contributed by atoms with Gasteiger partial charge in [-0.15, -0.1) is 0 Å². The molecule has 0 saturated carbocycles. The molecular formula is C24H28N4O3. The van der Waals surface area contributed by atoms with Crippen LogP contribution in [-0.2, 0) is 15.1 Å². The molecule has 1 atom stereocenters. The molecule has 7 nitrogen and oxygen atoms in total. The van der Waals surface area contributed by atoms with Crippen LogP contribution in [0.4, 0.5) is 16.2 Å². The van der Waals surface area contributed by atoms with Crippen LogP contribution in [0.15, 0.2) is 42.5 Å². The number of nitrogens with one attached hydrogen (secondary N) is 2. The van der Waals surface area contributed by atoms with Crippen LogP contribution >= 0.6 is 0 Å². The van der Waals surface area contributed by atoms with E-state index in [1.807, 2.05) is 50.2 Å². The third-order valence-corrected chi connectivity index (χ3v) is 6.22. The molecule has 4 rings (SSSR count). The second-order valence-electron chi connectivity index (χ2n) is 8.50. The Balaban J connectivity index is 1.46. The van der Waals surface area contributed by atoms with E-state index in [1.54, 1.807) is 6.92 Å².